The molecule has 0 heterocycles. The van der Waals surface area contributed by atoms with Gasteiger partial charge < -0.3 is 5.32 Å². The molecule has 1 aliphatic rings. The Morgan fingerprint density at radius 1 is 1.31 bits per heavy atom. The summed E-state index contributed by atoms with van der Waals surface area (Å²) in [5.41, 5.74) is -0.611. The van der Waals surface area contributed by atoms with Crippen LogP contribution >= 0.6 is 11.6 Å². The fourth-order valence-electron chi connectivity index (χ4n) is 2.15. The number of halogens is 1. The normalized spacial score (nSPS) is 19.5. The standard InChI is InChI=1S/C12H19ClN2O/c13-9-5-6-11(16)15-12(10-14)7-3-1-2-4-8-12/h1-9H2,(H,15,16). The van der Waals surface area contributed by atoms with Gasteiger partial charge in [0.1, 0.15) is 5.54 Å². The van der Waals surface area contributed by atoms with Crippen LogP contribution in [0.15, 0.2) is 0 Å². The number of carbonyl (C=O) groups excluding carboxylic acids is 1. The third kappa shape index (κ3) is 4.02. The molecule has 0 aromatic heterocycles. The summed E-state index contributed by atoms with van der Waals surface area (Å²) in [6, 6.07) is 2.30. The molecule has 0 spiro atoms. The lowest BCUT2D eigenvalue weighted by molar-refractivity contribution is -0.122. The van der Waals surface area contributed by atoms with E-state index in [1.807, 2.05) is 0 Å². The van der Waals surface area contributed by atoms with Crippen molar-refractivity contribution < 1.29 is 4.79 Å². The van der Waals surface area contributed by atoms with E-state index in [4.69, 9.17) is 11.6 Å². The molecule has 0 aliphatic heterocycles. The quantitative estimate of drug-likeness (QED) is 0.609. The first-order chi connectivity index (χ1) is 7.72. The van der Waals surface area contributed by atoms with Gasteiger partial charge in [-0.05, 0) is 19.3 Å². The first-order valence-corrected chi connectivity index (χ1v) is 6.54. The molecule has 0 unspecified atom stereocenters. The van der Waals surface area contributed by atoms with Gasteiger partial charge in [-0.15, -0.1) is 11.6 Å². The van der Waals surface area contributed by atoms with Crippen LogP contribution in [0.1, 0.15) is 51.4 Å². The second-order valence-corrected chi connectivity index (χ2v) is 4.83. The minimum atomic E-state index is -0.611. The van der Waals surface area contributed by atoms with Gasteiger partial charge in [-0.3, -0.25) is 4.79 Å². The zero-order valence-electron chi connectivity index (χ0n) is 9.60. The fraction of sp³-hybridized carbons (Fsp3) is 0.833. The average molecular weight is 243 g/mol. The third-order valence-electron chi connectivity index (χ3n) is 3.09. The molecule has 1 N–H and O–H groups in total. The van der Waals surface area contributed by atoms with E-state index >= 15 is 0 Å². The zero-order chi connectivity index (χ0) is 11.9. The predicted molar refractivity (Wildman–Crippen MR) is 64.1 cm³/mol. The number of hydrogen-bond donors (Lipinski definition) is 1. The molecule has 0 aromatic carbocycles. The van der Waals surface area contributed by atoms with Crippen molar-refractivity contribution in [3.63, 3.8) is 0 Å². The van der Waals surface area contributed by atoms with E-state index < -0.39 is 5.54 Å². The van der Waals surface area contributed by atoms with E-state index in [-0.39, 0.29) is 5.91 Å². The highest BCUT2D eigenvalue weighted by molar-refractivity contribution is 6.17. The smallest absolute Gasteiger partial charge is 0.221 e. The summed E-state index contributed by atoms with van der Waals surface area (Å²) in [7, 11) is 0. The molecule has 0 radical (unpaired) electrons. The molecule has 90 valence electrons. The minimum Gasteiger partial charge on any atom is -0.338 e. The van der Waals surface area contributed by atoms with Crippen molar-refractivity contribution in [2.75, 3.05) is 5.88 Å². The summed E-state index contributed by atoms with van der Waals surface area (Å²) in [5, 5.41) is 12.1. The van der Waals surface area contributed by atoms with Crippen LogP contribution in [0.3, 0.4) is 0 Å². The summed E-state index contributed by atoms with van der Waals surface area (Å²) in [6.07, 6.45) is 7.07. The summed E-state index contributed by atoms with van der Waals surface area (Å²) in [4.78, 5) is 11.6. The van der Waals surface area contributed by atoms with Crippen LogP contribution in [-0.2, 0) is 4.79 Å². The molecule has 0 bridgehead atoms. The molecular weight excluding hydrogens is 224 g/mol. The van der Waals surface area contributed by atoms with Gasteiger partial charge in [0.2, 0.25) is 5.91 Å². The number of nitrogens with zero attached hydrogens (tertiary/aromatic N) is 1. The van der Waals surface area contributed by atoms with Crippen LogP contribution in [-0.4, -0.2) is 17.3 Å². The molecule has 1 amide bonds. The van der Waals surface area contributed by atoms with Crippen molar-refractivity contribution in [3.8, 4) is 6.07 Å². The number of rotatable bonds is 4. The number of nitriles is 1. The van der Waals surface area contributed by atoms with Gasteiger partial charge in [0.25, 0.3) is 0 Å². The maximum absolute atomic E-state index is 11.6. The topological polar surface area (TPSA) is 52.9 Å². The van der Waals surface area contributed by atoms with Crippen molar-refractivity contribution in [3.05, 3.63) is 0 Å². The Bertz CT molecular complexity index is 265. The van der Waals surface area contributed by atoms with Gasteiger partial charge in [-0.1, -0.05) is 25.7 Å². The Balaban J connectivity index is 2.51. The first-order valence-electron chi connectivity index (χ1n) is 6.01. The largest absolute Gasteiger partial charge is 0.338 e. The van der Waals surface area contributed by atoms with Crippen molar-refractivity contribution in [1.29, 1.82) is 5.26 Å². The monoisotopic (exact) mass is 242 g/mol. The highest BCUT2D eigenvalue weighted by Crippen LogP contribution is 2.26. The number of carbonyl (C=O) groups is 1. The van der Waals surface area contributed by atoms with E-state index in [9.17, 15) is 10.1 Å². The minimum absolute atomic E-state index is 0.0379. The lowest BCUT2D eigenvalue weighted by Crippen LogP contribution is -2.46. The van der Waals surface area contributed by atoms with Crippen LogP contribution in [0.25, 0.3) is 0 Å². The zero-order valence-corrected chi connectivity index (χ0v) is 10.4. The number of nitrogens with one attached hydrogen (secondary N) is 1. The van der Waals surface area contributed by atoms with Gasteiger partial charge >= 0.3 is 0 Å². The Kier molecular flexibility index (Phi) is 5.62. The van der Waals surface area contributed by atoms with Crippen LogP contribution in [0.2, 0.25) is 0 Å². The lowest BCUT2D eigenvalue weighted by atomic mass is 9.91. The van der Waals surface area contributed by atoms with Crippen LogP contribution < -0.4 is 5.32 Å². The van der Waals surface area contributed by atoms with Crippen LogP contribution in [0.4, 0.5) is 0 Å². The molecule has 0 aromatic rings. The fourth-order valence-corrected chi connectivity index (χ4v) is 2.29. The van der Waals surface area contributed by atoms with E-state index in [1.54, 1.807) is 0 Å². The van der Waals surface area contributed by atoms with Gasteiger partial charge in [0, 0.05) is 12.3 Å². The second-order valence-electron chi connectivity index (χ2n) is 4.45. The molecule has 1 saturated carbocycles. The van der Waals surface area contributed by atoms with Crippen molar-refractivity contribution >= 4 is 17.5 Å². The molecule has 16 heavy (non-hydrogen) atoms. The van der Waals surface area contributed by atoms with E-state index in [1.165, 1.54) is 12.8 Å². The molecular formula is C12H19ClN2O. The predicted octanol–water partition coefficient (Wildman–Crippen LogP) is 2.74. The Morgan fingerprint density at radius 3 is 2.44 bits per heavy atom. The van der Waals surface area contributed by atoms with Crippen molar-refractivity contribution in [2.24, 2.45) is 0 Å². The summed E-state index contributed by atoms with van der Waals surface area (Å²) >= 11 is 5.54. The molecule has 1 rings (SSSR count). The molecule has 4 heteroatoms. The highest BCUT2D eigenvalue weighted by atomic mass is 35.5. The summed E-state index contributed by atoms with van der Waals surface area (Å²) in [6.45, 7) is 0. The van der Waals surface area contributed by atoms with Crippen molar-refractivity contribution in [1.82, 2.24) is 5.32 Å². The van der Waals surface area contributed by atoms with Crippen molar-refractivity contribution in [2.45, 2.75) is 56.9 Å². The average Bonchev–Trinajstić information content (AvgIpc) is 2.52. The molecule has 3 nitrogen and oxygen atoms in total. The summed E-state index contributed by atoms with van der Waals surface area (Å²) in [5.74, 6) is 0.455. The van der Waals surface area contributed by atoms with E-state index in [0.717, 1.165) is 25.7 Å². The van der Waals surface area contributed by atoms with Crippen LogP contribution in [0.5, 0.6) is 0 Å². The van der Waals surface area contributed by atoms with E-state index in [2.05, 4.69) is 11.4 Å². The Hall–Kier alpha value is -0.750. The summed E-state index contributed by atoms with van der Waals surface area (Å²) < 4.78 is 0. The molecule has 1 fully saturated rings. The maximum atomic E-state index is 11.6. The molecule has 0 atom stereocenters. The molecule has 0 saturated heterocycles. The first kappa shape index (κ1) is 13.3. The third-order valence-corrected chi connectivity index (χ3v) is 3.35. The number of alkyl halides is 1. The Morgan fingerprint density at radius 2 is 1.94 bits per heavy atom. The van der Waals surface area contributed by atoms with Gasteiger partial charge in [-0.2, -0.15) is 5.26 Å². The second kappa shape index (κ2) is 6.75. The number of amides is 1. The molecule has 1 aliphatic carbocycles. The number of hydrogen-bond acceptors (Lipinski definition) is 2. The SMILES string of the molecule is N#CC1(NC(=O)CCCCl)CCCCCC1. The van der Waals surface area contributed by atoms with Gasteiger partial charge in [0.15, 0.2) is 0 Å². The van der Waals surface area contributed by atoms with Gasteiger partial charge in [-0.25, -0.2) is 0 Å². The lowest BCUT2D eigenvalue weighted by Gasteiger charge is -2.26. The van der Waals surface area contributed by atoms with E-state index in [0.29, 0.717) is 18.7 Å². The Labute approximate surface area is 102 Å². The maximum Gasteiger partial charge on any atom is 0.221 e. The van der Waals surface area contributed by atoms with Crippen LogP contribution in [0, 0.1) is 11.3 Å². The highest BCUT2D eigenvalue weighted by Gasteiger charge is 2.32. The van der Waals surface area contributed by atoms with Gasteiger partial charge in [0.05, 0.1) is 6.07 Å².